The van der Waals surface area contributed by atoms with Gasteiger partial charge in [-0.3, -0.25) is 0 Å². The van der Waals surface area contributed by atoms with E-state index < -0.39 is 10.0 Å². The Labute approximate surface area is 148 Å². The highest BCUT2D eigenvalue weighted by Gasteiger charge is 2.16. The number of nitrogens with two attached hydrogens (primary N) is 1. The zero-order valence-corrected chi connectivity index (χ0v) is 16.1. The van der Waals surface area contributed by atoms with Gasteiger partial charge in [-0.05, 0) is 53.6 Å². The highest BCUT2D eigenvalue weighted by molar-refractivity contribution is 7.91. The monoisotopic (exact) mass is 383 g/mol. The number of thiophene rings is 3. The van der Waals surface area contributed by atoms with Crippen LogP contribution in [0.1, 0.15) is 25.0 Å². The minimum atomic E-state index is -3.62. The van der Waals surface area contributed by atoms with Crippen molar-refractivity contribution in [3.63, 3.8) is 0 Å². The van der Waals surface area contributed by atoms with Gasteiger partial charge in [0.15, 0.2) is 0 Å². The molecule has 0 saturated carbocycles. The second kappa shape index (κ2) is 6.49. The van der Waals surface area contributed by atoms with E-state index in [0.29, 0.717) is 0 Å². The lowest BCUT2D eigenvalue weighted by atomic mass is 10.1. The fraction of sp³-hybridized carbons (Fsp3) is 0.250. The van der Waals surface area contributed by atoms with Crippen LogP contribution in [0, 0.1) is 0 Å². The summed E-state index contributed by atoms with van der Waals surface area (Å²) in [7, 11) is -3.62. The number of aryl methyl sites for hydroxylation is 1. The third-order valence-corrected chi connectivity index (χ3v) is 8.71. The Hall–Kier alpha value is -0.990. The van der Waals surface area contributed by atoms with Crippen LogP contribution in [0.15, 0.2) is 33.9 Å². The topological polar surface area (TPSA) is 60.2 Å². The summed E-state index contributed by atoms with van der Waals surface area (Å²) < 4.78 is 23.0. The average Bonchev–Trinajstić information content (AvgIpc) is 3.22. The van der Waals surface area contributed by atoms with Crippen LogP contribution in [0.4, 0.5) is 0 Å². The third kappa shape index (κ3) is 3.29. The van der Waals surface area contributed by atoms with E-state index in [1.54, 1.807) is 28.7 Å². The zero-order chi connectivity index (χ0) is 16.6. The minimum absolute atomic E-state index is 0.209. The lowest BCUT2D eigenvalue weighted by Gasteiger charge is -2.01. The van der Waals surface area contributed by atoms with Crippen LogP contribution in [-0.4, -0.2) is 8.42 Å². The standard InChI is InChI=1S/C16H17NO2S4/c1-3-10-9-20-16(11(10)4-2)14-6-5-12(21-14)13-7-8-15(22-13)23(17,18)19/h5-9H,3-4H2,1-2H3,(H2,17,18,19). The summed E-state index contributed by atoms with van der Waals surface area (Å²) in [5.41, 5.74) is 2.86. The maximum absolute atomic E-state index is 11.4. The van der Waals surface area contributed by atoms with Gasteiger partial charge in [0.1, 0.15) is 4.21 Å². The molecule has 3 aromatic rings. The Balaban J connectivity index is 1.98. The molecule has 0 unspecified atom stereocenters. The Morgan fingerprint density at radius 2 is 1.61 bits per heavy atom. The molecule has 23 heavy (non-hydrogen) atoms. The van der Waals surface area contributed by atoms with Gasteiger partial charge in [0.25, 0.3) is 0 Å². The molecule has 3 aromatic heterocycles. The highest BCUT2D eigenvalue weighted by atomic mass is 32.2. The first kappa shape index (κ1) is 16.9. The van der Waals surface area contributed by atoms with E-state index >= 15 is 0 Å². The van der Waals surface area contributed by atoms with Crippen molar-refractivity contribution in [3.8, 4) is 19.5 Å². The van der Waals surface area contributed by atoms with Crippen LogP contribution < -0.4 is 5.14 Å². The summed E-state index contributed by atoms with van der Waals surface area (Å²) in [6.07, 6.45) is 2.09. The van der Waals surface area contributed by atoms with E-state index in [9.17, 15) is 8.42 Å². The Kier molecular flexibility index (Phi) is 4.75. The SMILES string of the molecule is CCc1csc(-c2ccc(-c3ccc(S(N)(=O)=O)s3)s2)c1CC. The van der Waals surface area contributed by atoms with E-state index in [4.69, 9.17) is 5.14 Å². The number of sulfonamides is 1. The Morgan fingerprint density at radius 3 is 2.22 bits per heavy atom. The first-order valence-electron chi connectivity index (χ1n) is 7.26. The molecule has 0 fully saturated rings. The zero-order valence-electron chi connectivity index (χ0n) is 12.8. The number of hydrogen-bond acceptors (Lipinski definition) is 5. The highest BCUT2D eigenvalue weighted by Crippen LogP contribution is 2.42. The molecule has 0 radical (unpaired) electrons. The Bertz CT molecular complexity index is 931. The number of rotatable bonds is 5. The van der Waals surface area contributed by atoms with Crippen LogP contribution in [0.5, 0.6) is 0 Å². The molecule has 2 N–H and O–H groups in total. The second-order valence-corrected chi connectivity index (χ2v) is 9.94. The predicted molar refractivity (Wildman–Crippen MR) is 101 cm³/mol. The first-order chi connectivity index (χ1) is 10.9. The van der Waals surface area contributed by atoms with Gasteiger partial charge in [-0.2, -0.15) is 0 Å². The summed E-state index contributed by atoms with van der Waals surface area (Å²) in [5.74, 6) is 0. The molecular weight excluding hydrogens is 366 g/mol. The predicted octanol–water partition coefficient (Wildman–Crippen LogP) is 4.98. The molecule has 0 spiro atoms. The number of primary sulfonamides is 1. The molecule has 122 valence electrons. The maximum Gasteiger partial charge on any atom is 0.247 e. The van der Waals surface area contributed by atoms with Gasteiger partial charge in [0, 0.05) is 19.5 Å². The van der Waals surface area contributed by atoms with E-state index in [0.717, 1.165) is 22.6 Å². The summed E-state index contributed by atoms with van der Waals surface area (Å²) in [5, 5.41) is 7.44. The summed E-state index contributed by atoms with van der Waals surface area (Å²) in [6.45, 7) is 4.38. The van der Waals surface area contributed by atoms with Crippen LogP contribution in [-0.2, 0) is 22.9 Å². The van der Waals surface area contributed by atoms with Crippen molar-refractivity contribution in [1.29, 1.82) is 0 Å². The molecule has 3 rings (SSSR count). The fourth-order valence-electron chi connectivity index (χ4n) is 2.51. The van der Waals surface area contributed by atoms with E-state index in [1.807, 2.05) is 6.07 Å². The molecular formula is C16H17NO2S4. The van der Waals surface area contributed by atoms with Crippen molar-refractivity contribution in [2.24, 2.45) is 5.14 Å². The van der Waals surface area contributed by atoms with Crippen molar-refractivity contribution in [2.45, 2.75) is 30.9 Å². The first-order valence-corrected chi connectivity index (χ1v) is 11.3. The average molecular weight is 384 g/mol. The minimum Gasteiger partial charge on any atom is -0.224 e. The molecule has 3 nitrogen and oxygen atoms in total. The quantitative estimate of drug-likeness (QED) is 0.675. The smallest absolute Gasteiger partial charge is 0.224 e. The maximum atomic E-state index is 11.4. The molecule has 0 bridgehead atoms. The molecule has 3 heterocycles. The van der Waals surface area contributed by atoms with E-state index in [2.05, 4.69) is 31.4 Å². The molecule has 0 amide bonds. The van der Waals surface area contributed by atoms with Crippen LogP contribution >= 0.6 is 34.0 Å². The molecule has 0 aliphatic heterocycles. The van der Waals surface area contributed by atoms with Gasteiger partial charge in [0.2, 0.25) is 10.0 Å². The molecule has 0 aromatic carbocycles. The molecule has 0 saturated heterocycles. The van der Waals surface area contributed by atoms with Gasteiger partial charge in [-0.1, -0.05) is 13.8 Å². The van der Waals surface area contributed by atoms with E-state index in [-0.39, 0.29) is 4.21 Å². The van der Waals surface area contributed by atoms with Crippen molar-refractivity contribution in [1.82, 2.24) is 0 Å². The number of hydrogen-bond donors (Lipinski definition) is 1. The normalized spacial score (nSPS) is 12.0. The lowest BCUT2D eigenvalue weighted by molar-refractivity contribution is 0.600. The largest absolute Gasteiger partial charge is 0.247 e. The van der Waals surface area contributed by atoms with Gasteiger partial charge >= 0.3 is 0 Å². The van der Waals surface area contributed by atoms with Crippen LogP contribution in [0.3, 0.4) is 0 Å². The third-order valence-electron chi connectivity index (χ3n) is 3.65. The molecule has 7 heteroatoms. The van der Waals surface area contributed by atoms with Gasteiger partial charge in [-0.15, -0.1) is 34.0 Å². The second-order valence-electron chi connectivity index (χ2n) is 5.10. The van der Waals surface area contributed by atoms with Crippen LogP contribution in [0.2, 0.25) is 0 Å². The Morgan fingerprint density at radius 1 is 0.957 bits per heavy atom. The van der Waals surface area contributed by atoms with Crippen LogP contribution in [0.25, 0.3) is 19.5 Å². The lowest BCUT2D eigenvalue weighted by Crippen LogP contribution is -2.09. The van der Waals surface area contributed by atoms with E-state index in [1.165, 1.54) is 32.2 Å². The summed E-state index contributed by atoms with van der Waals surface area (Å²) in [6, 6.07) is 7.59. The van der Waals surface area contributed by atoms with Gasteiger partial charge in [-0.25, -0.2) is 13.6 Å². The van der Waals surface area contributed by atoms with Gasteiger partial charge < -0.3 is 0 Å². The van der Waals surface area contributed by atoms with Crippen molar-refractivity contribution in [2.75, 3.05) is 0 Å². The molecule has 0 atom stereocenters. The fourth-order valence-corrected chi connectivity index (χ4v) is 6.74. The van der Waals surface area contributed by atoms with Crippen molar-refractivity contribution >= 4 is 44.0 Å². The van der Waals surface area contributed by atoms with Gasteiger partial charge in [0.05, 0.1) is 0 Å². The molecule has 0 aliphatic carbocycles. The van der Waals surface area contributed by atoms with Crippen molar-refractivity contribution < 1.29 is 8.42 Å². The summed E-state index contributed by atoms with van der Waals surface area (Å²) in [4.78, 5) is 4.60. The molecule has 0 aliphatic rings. The van der Waals surface area contributed by atoms with Crippen molar-refractivity contribution in [3.05, 3.63) is 40.8 Å². The summed E-state index contributed by atoms with van der Waals surface area (Å²) >= 11 is 4.72.